The lowest BCUT2D eigenvalue weighted by molar-refractivity contribution is -0.663. The van der Waals surface area contributed by atoms with Gasteiger partial charge in [0, 0.05) is 69.9 Å². The minimum absolute atomic E-state index is 0.212. The lowest BCUT2D eigenvalue weighted by Crippen LogP contribution is -2.32. The van der Waals surface area contributed by atoms with Crippen LogP contribution < -0.4 is 18.3 Å². The van der Waals surface area contributed by atoms with E-state index in [0.29, 0.717) is 27.9 Å². The van der Waals surface area contributed by atoms with Gasteiger partial charge in [-0.05, 0) is 165 Å². The first-order chi connectivity index (χ1) is 53.0. The zero-order valence-corrected chi connectivity index (χ0v) is 59.3. The lowest BCUT2D eigenvalue weighted by Gasteiger charge is -2.08. The summed E-state index contributed by atoms with van der Waals surface area (Å²) >= 11 is 0. The zero-order valence-electron chi connectivity index (χ0n) is 65.3. The first-order valence-corrected chi connectivity index (χ1v) is 34.7. The van der Waals surface area contributed by atoms with E-state index in [-0.39, 0.29) is 5.56 Å². The van der Waals surface area contributed by atoms with Crippen LogP contribution in [0.15, 0.2) is 261 Å². The summed E-state index contributed by atoms with van der Waals surface area (Å²) in [5.41, 5.74) is 19.4. The molecule has 20 aromatic rings. The standard InChI is InChI=1S/4C23H19N2O/c1-14-12-24-23(25(3)13-14)20-15(2)8-10-18-21-17-7-5-4-6-16(17)9-11-19(21)26-22(18)20;1-14-8-10-18-21-17-7-5-4-6-16(17)9-11-19(21)26-22(18)20(14)23-24-15(2)12-13-25(23)3;1-14-12-18-22-17-7-5-4-6-16(17)8-9-20(22)26-23(18)21(15(14)2)19-13-24-10-11-25(19)3;1-14-12-15(2)21-22-17-7-5-4-6-16(17)8-9-19(22)26-23(21)20(14)18-13-24-10-11-25(18)3/h4*4-13H,1-3H3/q4*+1/i1D3;;;2D3. The van der Waals surface area contributed by atoms with Gasteiger partial charge in [-0.25, -0.2) is 9.13 Å². The van der Waals surface area contributed by atoms with Crippen molar-refractivity contribution in [2.75, 3.05) is 0 Å². The van der Waals surface area contributed by atoms with Gasteiger partial charge in [-0.3, -0.25) is 9.97 Å². The van der Waals surface area contributed by atoms with Crippen molar-refractivity contribution in [3.8, 4) is 45.3 Å². The Labute approximate surface area is 609 Å². The molecule has 0 aliphatic carbocycles. The van der Waals surface area contributed by atoms with Crippen LogP contribution in [0.3, 0.4) is 0 Å². The van der Waals surface area contributed by atoms with Crippen molar-refractivity contribution in [1.82, 2.24) is 19.9 Å². The molecule has 0 atom stereocenters. The van der Waals surface area contributed by atoms with Crippen molar-refractivity contribution in [3.05, 3.63) is 288 Å². The summed E-state index contributed by atoms with van der Waals surface area (Å²) in [4.78, 5) is 17.9. The van der Waals surface area contributed by atoms with Crippen LogP contribution in [-0.4, -0.2) is 19.9 Å². The summed E-state index contributed by atoms with van der Waals surface area (Å²) in [7, 11) is 7.83. The number of rotatable bonds is 4. The third-order valence-corrected chi connectivity index (χ3v) is 20.5. The van der Waals surface area contributed by atoms with Gasteiger partial charge in [0.15, 0.2) is 29.3 Å². The molecule has 504 valence electrons. The van der Waals surface area contributed by atoms with E-state index in [1.165, 1.54) is 55.0 Å². The number of hydrogen-bond acceptors (Lipinski definition) is 8. The van der Waals surface area contributed by atoms with Gasteiger partial charge in [-0.15, -0.1) is 0 Å². The summed E-state index contributed by atoms with van der Waals surface area (Å²) < 4.78 is 80.7. The monoisotopic (exact) mass is 1360 g/mol. The van der Waals surface area contributed by atoms with E-state index in [2.05, 4.69) is 166 Å². The minimum Gasteiger partial charge on any atom is -0.455 e. The number of furan rings is 4. The third kappa shape index (κ3) is 10.8. The molecule has 0 saturated carbocycles. The molecule has 0 bridgehead atoms. The number of fused-ring (bicyclic) bond motifs is 20. The van der Waals surface area contributed by atoms with E-state index in [0.717, 1.165) is 138 Å². The topological polar surface area (TPSA) is 120 Å². The van der Waals surface area contributed by atoms with Crippen molar-refractivity contribution in [2.45, 2.75) is 55.2 Å². The molecular weight excluding hydrogens is 1280 g/mol. The highest BCUT2D eigenvalue weighted by molar-refractivity contribution is 6.24. The van der Waals surface area contributed by atoms with E-state index in [1.807, 2.05) is 139 Å². The van der Waals surface area contributed by atoms with Gasteiger partial charge in [0.05, 0.1) is 62.4 Å². The van der Waals surface area contributed by atoms with Crippen molar-refractivity contribution in [2.24, 2.45) is 28.2 Å². The summed E-state index contributed by atoms with van der Waals surface area (Å²) in [6.45, 7) is 7.94. The average Bonchev–Trinajstić information content (AvgIpc) is 1.57. The van der Waals surface area contributed by atoms with E-state index in [1.54, 1.807) is 35.4 Å². The van der Waals surface area contributed by atoms with E-state index in [4.69, 9.17) is 30.9 Å². The normalized spacial score (nSPS) is 12.8. The Bertz CT molecular complexity index is 7170. The molecule has 12 heteroatoms. The maximum atomic E-state index is 8.17. The molecule has 20 rings (SSSR count). The van der Waals surface area contributed by atoms with Gasteiger partial charge in [-0.2, -0.15) is 9.13 Å². The Morgan fingerprint density at radius 3 is 1.30 bits per heavy atom. The molecule has 0 fully saturated rings. The molecule has 12 aromatic carbocycles. The molecule has 0 unspecified atom stereocenters. The van der Waals surface area contributed by atoms with Gasteiger partial charge in [0.1, 0.15) is 64.9 Å². The predicted octanol–water partition coefficient (Wildman–Crippen LogP) is 21.0. The summed E-state index contributed by atoms with van der Waals surface area (Å²) in [5, 5.41) is 17.5. The fourth-order valence-electron chi connectivity index (χ4n) is 15.2. The predicted molar refractivity (Wildman–Crippen MR) is 420 cm³/mol. The molecule has 0 spiro atoms. The largest absolute Gasteiger partial charge is 0.455 e. The fraction of sp³-hybridized carbons (Fsp3) is 0.130. The van der Waals surface area contributed by atoms with Gasteiger partial charge in [-0.1, -0.05) is 152 Å². The second-order valence-corrected chi connectivity index (χ2v) is 27.1. The van der Waals surface area contributed by atoms with Gasteiger partial charge in [0.25, 0.3) is 0 Å². The first kappa shape index (κ1) is 57.9. The molecule has 8 aromatic heterocycles. The maximum absolute atomic E-state index is 8.17. The number of hydrogen-bond donors (Lipinski definition) is 0. The summed E-state index contributed by atoms with van der Waals surface area (Å²) in [5.74, 6) is 1.60. The Hall–Kier alpha value is -12.8. The Balaban J connectivity index is 0.000000107. The number of aryl methyl sites for hydroxylation is 11. The van der Waals surface area contributed by atoms with Crippen LogP contribution in [0, 0.1) is 55.2 Å². The summed E-state index contributed by atoms with van der Waals surface area (Å²) in [6.07, 6.45) is 16.2. The number of nitrogens with zero attached hydrogens (tertiary/aromatic N) is 8. The summed E-state index contributed by atoms with van der Waals surface area (Å²) in [6, 6.07) is 64.1. The van der Waals surface area contributed by atoms with Gasteiger partial charge >= 0.3 is 11.6 Å². The van der Waals surface area contributed by atoms with Crippen LogP contribution in [0.4, 0.5) is 0 Å². The van der Waals surface area contributed by atoms with E-state index < -0.39 is 13.7 Å². The van der Waals surface area contributed by atoms with Gasteiger partial charge < -0.3 is 17.7 Å². The SMILES string of the molecule is Cc1cc2c(oc3ccc4ccccc4c32)c(-c2cncc[n+]2C)c1C.Cc1cc[n+](C)c(-c2c(C)ccc3c2oc2ccc4ccccc4c23)n1.[2H]C([2H])([2H])c1cc(C)c(-c2cncc[n+]2C)c2oc3ccc4ccccc4c3c12.[2H]C([2H])([2H])c1cnc(-c2c(C)ccc3c2oc2ccc4ccccc4c23)[n+](C)c1. The minimum atomic E-state index is -2.26. The van der Waals surface area contributed by atoms with Crippen LogP contribution in [0.2, 0.25) is 0 Å². The highest BCUT2D eigenvalue weighted by Crippen LogP contribution is 2.45. The number of aromatic nitrogens is 8. The second kappa shape index (κ2) is 25.7. The smallest absolute Gasteiger partial charge is 0.334 e. The Morgan fingerprint density at radius 2 is 0.798 bits per heavy atom. The molecule has 0 amide bonds. The quantitative estimate of drug-likeness (QED) is 0.160. The van der Waals surface area contributed by atoms with Crippen LogP contribution in [0.5, 0.6) is 0 Å². The zero-order chi connectivity index (χ0) is 76.3. The van der Waals surface area contributed by atoms with Gasteiger partial charge in [0.2, 0.25) is 11.4 Å². The molecule has 0 N–H and O–H groups in total. The fourth-order valence-corrected chi connectivity index (χ4v) is 15.2. The van der Waals surface area contributed by atoms with Crippen molar-refractivity contribution in [3.63, 3.8) is 0 Å². The highest BCUT2D eigenvalue weighted by Gasteiger charge is 2.28. The molecule has 0 aliphatic heterocycles. The lowest BCUT2D eigenvalue weighted by atomic mass is 9.95. The van der Waals surface area contributed by atoms with Crippen molar-refractivity contribution in [1.29, 1.82) is 0 Å². The Kier molecular flexibility index (Phi) is 14.3. The van der Waals surface area contributed by atoms with E-state index in [9.17, 15) is 0 Å². The van der Waals surface area contributed by atoms with E-state index >= 15 is 0 Å². The molecule has 0 saturated heterocycles. The second-order valence-electron chi connectivity index (χ2n) is 27.1. The molecule has 104 heavy (non-hydrogen) atoms. The first-order valence-electron chi connectivity index (χ1n) is 37.7. The molecule has 8 heterocycles. The molecule has 0 aliphatic rings. The Morgan fingerprint density at radius 1 is 0.337 bits per heavy atom. The maximum Gasteiger partial charge on any atom is 0.334 e. The molecule has 12 nitrogen and oxygen atoms in total. The third-order valence-electron chi connectivity index (χ3n) is 20.5. The van der Waals surface area contributed by atoms with Crippen LogP contribution >= 0.6 is 0 Å². The molecule has 0 radical (unpaired) electrons. The van der Waals surface area contributed by atoms with Crippen LogP contribution in [-0.2, 0) is 28.2 Å². The number of benzene rings is 12. The average molecular weight is 1360 g/mol. The van der Waals surface area contributed by atoms with Crippen molar-refractivity contribution >= 4 is 131 Å². The molecular formula is C92H76N8O4+4. The van der Waals surface area contributed by atoms with Crippen LogP contribution in [0.25, 0.3) is 176 Å². The van der Waals surface area contributed by atoms with Crippen LogP contribution in [0.1, 0.15) is 52.9 Å². The highest BCUT2D eigenvalue weighted by atomic mass is 16.3. The van der Waals surface area contributed by atoms with Crippen molar-refractivity contribution < 1.29 is 44.2 Å².